The van der Waals surface area contributed by atoms with Crippen LogP contribution in [0.4, 0.5) is 0 Å². The zero-order valence-electron chi connectivity index (χ0n) is 14.5. The summed E-state index contributed by atoms with van der Waals surface area (Å²) in [6.07, 6.45) is 2.69. The van der Waals surface area contributed by atoms with Crippen LogP contribution in [-0.4, -0.2) is 35.0 Å². The Hall–Kier alpha value is -2.30. The van der Waals surface area contributed by atoms with E-state index < -0.39 is 17.6 Å². The van der Waals surface area contributed by atoms with Crippen molar-refractivity contribution in [3.8, 4) is 5.75 Å². The molecular formula is C19H25NO4. The highest BCUT2D eigenvalue weighted by molar-refractivity contribution is 6.34. The number of rotatable bonds is 8. The largest absolute Gasteiger partial charge is 0.502 e. The fraction of sp³-hybridized carbons (Fsp3) is 0.474. The molecule has 1 aromatic rings. The smallest absolute Gasteiger partial charge is 0.296 e. The Balaban J connectivity index is 2.12. The Bertz CT molecular complexity index is 631. The van der Waals surface area contributed by atoms with Gasteiger partial charge in [0.1, 0.15) is 5.75 Å². The highest BCUT2D eigenvalue weighted by atomic mass is 16.5. The number of benzene rings is 1. The molecule has 0 fully saturated rings. The normalized spacial score (nSPS) is 14.9. The van der Waals surface area contributed by atoms with Gasteiger partial charge in [-0.3, -0.25) is 14.5 Å². The van der Waals surface area contributed by atoms with Crippen LogP contribution in [0.3, 0.4) is 0 Å². The van der Waals surface area contributed by atoms with Crippen LogP contribution in [0.2, 0.25) is 0 Å². The van der Waals surface area contributed by atoms with Gasteiger partial charge >= 0.3 is 0 Å². The molecule has 0 spiro atoms. The summed E-state index contributed by atoms with van der Waals surface area (Å²) in [6, 6.07) is 6.88. The summed E-state index contributed by atoms with van der Waals surface area (Å²) in [4.78, 5) is 25.7. The molecule has 0 atom stereocenters. The fourth-order valence-corrected chi connectivity index (χ4v) is 2.53. The second-order valence-electron chi connectivity index (χ2n) is 6.42. The van der Waals surface area contributed by atoms with Crippen molar-refractivity contribution in [2.45, 2.75) is 40.0 Å². The Kier molecular flexibility index (Phi) is 6.01. The first-order chi connectivity index (χ1) is 11.5. The monoisotopic (exact) mass is 331 g/mol. The van der Waals surface area contributed by atoms with Crippen LogP contribution in [0.5, 0.6) is 5.75 Å². The van der Waals surface area contributed by atoms with Gasteiger partial charge in [-0.05, 0) is 30.0 Å². The summed E-state index contributed by atoms with van der Waals surface area (Å²) in [7, 11) is 0. The molecule has 5 heteroatoms. The van der Waals surface area contributed by atoms with Gasteiger partial charge in [-0.25, -0.2) is 0 Å². The lowest BCUT2D eigenvalue weighted by Crippen LogP contribution is -2.32. The maximum atomic E-state index is 12.5. The molecule has 130 valence electrons. The third-order valence-corrected chi connectivity index (χ3v) is 3.86. The molecule has 1 aliphatic rings. The molecule has 2 rings (SSSR count). The van der Waals surface area contributed by atoms with E-state index in [4.69, 9.17) is 4.74 Å². The molecular weight excluding hydrogens is 306 g/mol. The Morgan fingerprint density at radius 3 is 2.33 bits per heavy atom. The van der Waals surface area contributed by atoms with Crippen LogP contribution in [0.25, 0.3) is 5.57 Å². The van der Waals surface area contributed by atoms with Crippen molar-refractivity contribution in [2.24, 2.45) is 5.92 Å². The Morgan fingerprint density at radius 1 is 1.08 bits per heavy atom. The maximum Gasteiger partial charge on any atom is 0.296 e. The fourth-order valence-electron chi connectivity index (χ4n) is 2.53. The van der Waals surface area contributed by atoms with Crippen molar-refractivity contribution in [2.75, 3.05) is 13.2 Å². The first kappa shape index (κ1) is 18.0. The molecule has 24 heavy (non-hydrogen) atoms. The molecule has 0 saturated carbocycles. The average molecular weight is 331 g/mol. The van der Waals surface area contributed by atoms with Gasteiger partial charge in [0.05, 0.1) is 12.2 Å². The molecule has 0 aliphatic carbocycles. The van der Waals surface area contributed by atoms with Gasteiger partial charge in [0.15, 0.2) is 5.76 Å². The summed E-state index contributed by atoms with van der Waals surface area (Å²) in [5, 5.41) is 10.1. The third kappa shape index (κ3) is 3.96. The molecule has 1 aliphatic heterocycles. The first-order valence-corrected chi connectivity index (χ1v) is 8.48. The van der Waals surface area contributed by atoms with Crippen LogP contribution >= 0.6 is 0 Å². The molecule has 0 radical (unpaired) electrons. The quantitative estimate of drug-likeness (QED) is 0.584. The average Bonchev–Trinajstić information content (AvgIpc) is 2.77. The van der Waals surface area contributed by atoms with Gasteiger partial charge in [-0.2, -0.15) is 0 Å². The van der Waals surface area contributed by atoms with Crippen molar-refractivity contribution in [1.82, 2.24) is 4.90 Å². The lowest BCUT2D eigenvalue weighted by Gasteiger charge is -2.14. The first-order valence-electron chi connectivity index (χ1n) is 8.48. The van der Waals surface area contributed by atoms with Crippen molar-refractivity contribution in [3.63, 3.8) is 0 Å². The number of unbranched alkanes of at least 4 members (excludes halogenated alkanes) is 2. The number of imide groups is 1. The van der Waals surface area contributed by atoms with Crippen LogP contribution in [0.15, 0.2) is 30.0 Å². The number of hydrogen-bond donors (Lipinski definition) is 1. The number of ether oxygens (including phenoxy) is 1. The zero-order valence-corrected chi connectivity index (χ0v) is 14.5. The Labute approximate surface area is 142 Å². The summed E-state index contributed by atoms with van der Waals surface area (Å²) >= 11 is 0. The number of carbonyl (C=O) groups excluding carboxylic acids is 2. The van der Waals surface area contributed by atoms with Crippen LogP contribution in [-0.2, 0) is 9.59 Å². The second-order valence-corrected chi connectivity index (χ2v) is 6.42. The zero-order chi connectivity index (χ0) is 17.7. The Morgan fingerprint density at radius 2 is 1.75 bits per heavy atom. The lowest BCUT2D eigenvalue weighted by molar-refractivity contribution is -0.138. The van der Waals surface area contributed by atoms with E-state index in [-0.39, 0.29) is 5.57 Å². The van der Waals surface area contributed by atoms with E-state index in [0.717, 1.165) is 24.2 Å². The lowest BCUT2D eigenvalue weighted by atomic mass is 10.1. The standard InChI is InChI=1S/C19H25NO4/c1-4-5-6-11-20-18(22)16(17(21)19(20)23)14-7-9-15(10-8-14)24-12-13(2)3/h7-10,13,21H,4-6,11-12H2,1-3H3. The van der Waals surface area contributed by atoms with E-state index >= 15 is 0 Å². The van der Waals surface area contributed by atoms with E-state index in [9.17, 15) is 14.7 Å². The predicted octanol–water partition coefficient (Wildman–Crippen LogP) is 3.55. The number of hydrogen-bond acceptors (Lipinski definition) is 4. The van der Waals surface area contributed by atoms with E-state index in [0.29, 0.717) is 30.4 Å². The number of amides is 2. The second kappa shape index (κ2) is 7.99. The van der Waals surface area contributed by atoms with Gasteiger partial charge in [-0.1, -0.05) is 45.7 Å². The maximum absolute atomic E-state index is 12.5. The number of aliphatic hydroxyl groups is 1. The van der Waals surface area contributed by atoms with Gasteiger partial charge in [-0.15, -0.1) is 0 Å². The number of nitrogens with zero attached hydrogens (tertiary/aromatic N) is 1. The van der Waals surface area contributed by atoms with Gasteiger partial charge in [0, 0.05) is 6.54 Å². The van der Waals surface area contributed by atoms with E-state index in [1.54, 1.807) is 24.3 Å². The number of aliphatic hydroxyl groups excluding tert-OH is 1. The van der Waals surface area contributed by atoms with E-state index in [1.165, 1.54) is 0 Å². The molecule has 1 N–H and O–H groups in total. The number of carbonyl (C=O) groups is 2. The molecule has 0 saturated heterocycles. The summed E-state index contributed by atoms with van der Waals surface area (Å²) in [6.45, 7) is 7.13. The van der Waals surface area contributed by atoms with Crippen molar-refractivity contribution < 1.29 is 19.4 Å². The van der Waals surface area contributed by atoms with Crippen molar-refractivity contribution in [3.05, 3.63) is 35.6 Å². The van der Waals surface area contributed by atoms with Gasteiger partial charge in [0.25, 0.3) is 11.8 Å². The van der Waals surface area contributed by atoms with Gasteiger partial charge < -0.3 is 9.84 Å². The predicted molar refractivity (Wildman–Crippen MR) is 92.6 cm³/mol. The highest BCUT2D eigenvalue weighted by Crippen LogP contribution is 2.29. The molecule has 0 bridgehead atoms. The third-order valence-electron chi connectivity index (χ3n) is 3.86. The van der Waals surface area contributed by atoms with Crippen molar-refractivity contribution in [1.29, 1.82) is 0 Å². The molecule has 2 amide bonds. The SMILES string of the molecule is CCCCCN1C(=O)C(O)=C(c2ccc(OCC(C)C)cc2)C1=O. The van der Waals surface area contributed by atoms with Crippen molar-refractivity contribution >= 4 is 17.4 Å². The molecule has 5 nitrogen and oxygen atoms in total. The highest BCUT2D eigenvalue weighted by Gasteiger charge is 2.38. The summed E-state index contributed by atoms with van der Waals surface area (Å²) in [5.74, 6) is -0.380. The van der Waals surface area contributed by atoms with Crippen LogP contribution in [0, 0.1) is 5.92 Å². The van der Waals surface area contributed by atoms with Gasteiger partial charge in [0.2, 0.25) is 0 Å². The van der Waals surface area contributed by atoms with E-state index in [1.807, 2.05) is 0 Å². The molecule has 0 aromatic heterocycles. The van der Waals surface area contributed by atoms with E-state index in [2.05, 4.69) is 20.8 Å². The molecule has 0 unspecified atom stereocenters. The topological polar surface area (TPSA) is 66.8 Å². The van der Waals surface area contributed by atoms with Crippen LogP contribution < -0.4 is 4.74 Å². The molecule has 1 heterocycles. The molecule has 1 aromatic carbocycles. The minimum atomic E-state index is -0.605. The summed E-state index contributed by atoms with van der Waals surface area (Å²) in [5.41, 5.74) is 0.604. The van der Waals surface area contributed by atoms with Crippen LogP contribution in [0.1, 0.15) is 45.6 Å². The minimum absolute atomic E-state index is 0.0758. The summed E-state index contributed by atoms with van der Waals surface area (Å²) < 4.78 is 5.61. The minimum Gasteiger partial charge on any atom is -0.502 e.